The van der Waals surface area contributed by atoms with E-state index in [0.29, 0.717) is 18.0 Å². The minimum absolute atomic E-state index is 0.459. The molecule has 0 saturated heterocycles. The number of hydrogen-bond donors (Lipinski definition) is 1. The third-order valence-corrected chi connectivity index (χ3v) is 1.65. The number of carbonyl (C=O) groups excluding carboxylic acids is 1. The number of nitrogens with one attached hydrogen (secondary N) is 1. The van der Waals surface area contributed by atoms with Gasteiger partial charge in [0.2, 0.25) is 0 Å². The minimum atomic E-state index is 0.459. The molecule has 0 fully saturated rings. The highest BCUT2D eigenvalue weighted by atomic mass is 16.5. The Morgan fingerprint density at radius 3 is 3.27 bits per heavy atom. The van der Waals surface area contributed by atoms with Gasteiger partial charge >= 0.3 is 0 Å². The number of fused-ring (bicyclic) bond motifs is 1. The van der Waals surface area contributed by atoms with Crippen molar-refractivity contribution in [2.24, 2.45) is 0 Å². The molecule has 1 aromatic rings. The Morgan fingerprint density at radius 1 is 1.55 bits per heavy atom. The molecule has 0 radical (unpaired) electrons. The zero-order valence-corrected chi connectivity index (χ0v) is 5.83. The molecule has 1 N–H and O–H groups in total. The number of rotatable bonds is 1. The smallest absolute Gasteiger partial charge is 0.159 e. The first-order chi connectivity index (χ1) is 5.42. The highest BCUT2D eigenvalue weighted by Crippen LogP contribution is 2.31. The van der Waals surface area contributed by atoms with Gasteiger partial charge in [-0.3, -0.25) is 4.79 Å². The predicted octanol–water partition coefficient (Wildman–Crippen LogP) is 1.26. The van der Waals surface area contributed by atoms with E-state index < -0.39 is 0 Å². The third kappa shape index (κ3) is 0.852. The van der Waals surface area contributed by atoms with Gasteiger partial charge in [-0.15, -0.1) is 0 Å². The van der Waals surface area contributed by atoms with Crippen LogP contribution < -0.4 is 10.1 Å². The molecule has 2 rings (SSSR count). The largest absolute Gasteiger partial charge is 0.470 e. The molecule has 11 heavy (non-hydrogen) atoms. The van der Waals surface area contributed by atoms with Crippen LogP contribution in [0.4, 0.5) is 5.69 Å². The number of hydrogen-bond acceptors (Lipinski definition) is 3. The molecule has 0 aliphatic carbocycles. The normalized spacial score (nSPS) is 13.1. The Balaban J connectivity index is 2.58. The molecule has 1 aromatic carbocycles. The van der Waals surface area contributed by atoms with Gasteiger partial charge in [0, 0.05) is 0 Å². The van der Waals surface area contributed by atoms with Gasteiger partial charge in [-0.05, 0) is 12.1 Å². The quantitative estimate of drug-likeness (QED) is 0.611. The summed E-state index contributed by atoms with van der Waals surface area (Å²) in [4.78, 5) is 10.5. The van der Waals surface area contributed by atoms with Gasteiger partial charge in [-0.1, -0.05) is 6.07 Å². The molecule has 3 nitrogen and oxygen atoms in total. The first-order valence-electron chi connectivity index (χ1n) is 3.36. The van der Waals surface area contributed by atoms with Crippen LogP contribution in [0.15, 0.2) is 18.2 Å². The zero-order valence-electron chi connectivity index (χ0n) is 5.83. The molecular formula is C8H7NO2. The summed E-state index contributed by atoms with van der Waals surface area (Å²) in [5.41, 5.74) is 1.50. The van der Waals surface area contributed by atoms with Gasteiger partial charge in [0.25, 0.3) is 0 Å². The second-order valence-corrected chi connectivity index (χ2v) is 2.31. The van der Waals surface area contributed by atoms with Gasteiger partial charge < -0.3 is 10.1 Å². The van der Waals surface area contributed by atoms with Gasteiger partial charge in [0.15, 0.2) is 18.8 Å². The number of carbonyl (C=O) groups is 1. The van der Waals surface area contributed by atoms with Gasteiger partial charge in [0.1, 0.15) is 0 Å². The summed E-state index contributed by atoms with van der Waals surface area (Å²) < 4.78 is 5.18. The van der Waals surface area contributed by atoms with Crippen molar-refractivity contribution in [3.8, 4) is 5.75 Å². The summed E-state index contributed by atoms with van der Waals surface area (Å²) in [5.74, 6) is 0.669. The molecule has 0 bridgehead atoms. The maximum absolute atomic E-state index is 10.5. The van der Waals surface area contributed by atoms with Crippen LogP contribution >= 0.6 is 0 Å². The molecule has 0 aromatic heterocycles. The lowest BCUT2D eigenvalue weighted by atomic mass is 10.2. The molecule has 0 atom stereocenters. The molecule has 1 aliphatic rings. The number of benzene rings is 1. The SMILES string of the molecule is O=Cc1cccc2c1OCN2. The second-order valence-electron chi connectivity index (χ2n) is 2.31. The van der Waals surface area contributed by atoms with Crippen LogP contribution in [-0.2, 0) is 0 Å². The van der Waals surface area contributed by atoms with Gasteiger partial charge in [-0.2, -0.15) is 0 Å². The van der Waals surface area contributed by atoms with Crippen LogP contribution in [-0.4, -0.2) is 13.0 Å². The lowest BCUT2D eigenvalue weighted by Gasteiger charge is -1.97. The van der Waals surface area contributed by atoms with Gasteiger partial charge in [0.05, 0.1) is 11.3 Å². The van der Waals surface area contributed by atoms with E-state index in [0.717, 1.165) is 12.0 Å². The van der Waals surface area contributed by atoms with Crippen molar-refractivity contribution < 1.29 is 9.53 Å². The maximum Gasteiger partial charge on any atom is 0.159 e. The van der Waals surface area contributed by atoms with Crippen molar-refractivity contribution in [1.82, 2.24) is 0 Å². The van der Waals surface area contributed by atoms with E-state index in [1.165, 1.54) is 0 Å². The van der Waals surface area contributed by atoms with E-state index in [4.69, 9.17) is 4.74 Å². The first kappa shape index (κ1) is 6.22. The topological polar surface area (TPSA) is 38.3 Å². The highest BCUT2D eigenvalue weighted by molar-refractivity contribution is 5.84. The van der Waals surface area contributed by atoms with Crippen LogP contribution in [0.2, 0.25) is 0 Å². The fourth-order valence-corrected chi connectivity index (χ4v) is 1.13. The molecule has 3 heteroatoms. The van der Waals surface area contributed by atoms with Gasteiger partial charge in [-0.25, -0.2) is 0 Å². The monoisotopic (exact) mass is 149 g/mol. The number of anilines is 1. The number of ether oxygens (including phenoxy) is 1. The summed E-state index contributed by atoms with van der Waals surface area (Å²) in [6.07, 6.45) is 0.797. The van der Waals surface area contributed by atoms with Crippen LogP contribution in [0.1, 0.15) is 10.4 Å². The van der Waals surface area contributed by atoms with Crippen LogP contribution in [0.5, 0.6) is 5.75 Å². The first-order valence-corrected chi connectivity index (χ1v) is 3.36. The Kier molecular flexibility index (Phi) is 1.28. The minimum Gasteiger partial charge on any atom is -0.470 e. The average molecular weight is 149 g/mol. The fraction of sp³-hybridized carbons (Fsp3) is 0.125. The third-order valence-electron chi connectivity index (χ3n) is 1.65. The lowest BCUT2D eigenvalue weighted by molar-refractivity contribution is 0.112. The van der Waals surface area contributed by atoms with Crippen molar-refractivity contribution in [3.05, 3.63) is 23.8 Å². The van der Waals surface area contributed by atoms with Crippen molar-refractivity contribution >= 4 is 12.0 Å². The molecule has 0 spiro atoms. The summed E-state index contributed by atoms with van der Waals surface area (Å²) in [6.45, 7) is 0.459. The second kappa shape index (κ2) is 2.27. The van der Waals surface area contributed by atoms with Crippen molar-refractivity contribution in [1.29, 1.82) is 0 Å². The number of aldehydes is 1. The van der Waals surface area contributed by atoms with Crippen LogP contribution in [0.25, 0.3) is 0 Å². The number of para-hydroxylation sites is 1. The molecule has 1 aliphatic heterocycles. The molecule has 0 saturated carbocycles. The van der Waals surface area contributed by atoms with E-state index >= 15 is 0 Å². The maximum atomic E-state index is 10.5. The Labute approximate surface area is 64.0 Å². The molecule has 0 amide bonds. The average Bonchev–Trinajstić information content (AvgIpc) is 2.50. The van der Waals surface area contributed by atoms with E-state index in [-0.39, 0.29) is 0 Å². The molecule has 1 heterocycles. The van der Waals surface area contributed by atoms with E-state index in [9.17, 15) is 4.79 Å². The van der Waals surface area contributed by atoms with E-state index in [1.807, 2.05) is 12.1 Å². The molecular weight excluding hydrogens is 142 g/mol. The molecule has 0 unspecified atom stereocenters. The summed E-state index contributed by atoms with van der Waals surface area (Å²) in [5, 5.41) is 2.99. The Morgan fingerprint density at radius 2 is 2.45 bits per heavy atom. The fourth-order valence-electron chi connectivity index (χ4n) is 1.13. The summed E-state index contributed by atoms with van der Waals surface area (Å²) in [7, 11) is 0. The van der Waals surface area contributed by atoms with Crippen LogP contribution in [0.3, 0.4) is 0 Å². The molecule has 56 valence electrons. The predicted molar refractivity (Wildman–Crippen MR) is 40.9 cm³/mol. The standard InChI is InChI=1S/C8H7NO2/c10-4-6-2-1-3-7-8(6)11-5-9-7/h1-4,9H,5H2. The van der Waals surface area contributed by atoms with Crippen LogP contribution in [0, 0.1) is 0 Å². The lowest BCUT2D eigenvalue weighted by Crippen LogP contribution is -1.96. The van der Waals surface area contributed by atoms with Crippen molar-refractivity contribution in [2.75, 3.05) is 12.0 Å². The summed E-state index contributed by atoms with van der Waals surface area (Å²) >= 11 is 0. The van der Waals surface area contributed by atoms with E-state index in [2.05, 4.69) is 5.32 Å². The highest BCUT2D eigenvalue weighted by Gasteiger charge is 2.13. The zero-order chi connectivity index (χ0) is 7.68. The van der Waals surface area contributed by atoms with E-state index in [1.54, 1.807) is 6.07 Å². The van der Waals surface area contributed by atoms with Crippen molar-refractivity contribution in [2.45, 2.75) is 0 Å². The summed E-state index contributed by atoms with van der Waals surface area (Å²) in [6, 6.07) is 5.44. The van der Waals surface area contributed by atoms with Crippen molar-refractivity contribution in [3.63, 3.8) is 0 Å². The Bertz CT molecular complexity index is 296. The Hall–Kier alpha value is -1.51.